The van der Waals surface area contributed by atoms with Crippen LogP contribution in [0.3, 0.4) is 0 Å². The fourth-order valence-corrected chi connectivity index (χ4v) is 3.48. The lowest BCUT2D eigenvalue weighted by molar-refractivity contribution is -0.119. The summed E-state index contributed by atoms with van der Waals surface area (Å²) in [6.45, 7) is 0. The first-order valence-electron chi connectivity index (χ1n) is 10.1. The van der Waals surface area contributed by atoms with E-state index in [4.69, 9.17) is 5.73 Å². The third-order valence-corrected chi connectivity index (χ3v) is 5.13. The molecule has 0 saturated heterocycles. The second-order valence-electron chi connectivity index (χ2n) is 7.39. The van der Waals surface area contributed by atoms with Crippen molar-refractivity contribution in [3.63, 3.8) is 0 Å². The zero-order valence-electron chi connectivity index (χ0n) is 17.2. The zero-order valence-corrected chi connectivity index (χ0v) is 17.2. The largest absolute Gasteiger partial charge is 0.368 e. The molecule has 0 spiro atoms. The number of aromatic amines is 1. The summed E-state index contributed by atoms with van der Waals surface area (Å²) >= 11 is 0. The van der Waals surface area contributed by atoms with Gasteiger partial charge in [0.25, 0.3) is 11.8 Å². The van der Waals surface area contributed by atoms with Crippen molar-refractivity contribution in [3.8, 4) is 0 Å². The number of carbonyl (C=O) groups is 3. The Labute approximate surface area is 184 Å². The lowest BCUT2D eigenvalue weighted by Gasteiger charge is -2.17. The second kappa shape index (κ2) is 9.18. The standard InChI is InChI=1S/C25H22N4O3/c26-23(30)21(14-16-8-2-1-3-9-16)29-24(31)18-11-5-7-13-20(18)28-25(32)22-15-17-10-4-6-12-19(17)27-22/h1-13,15,21,27H,14H2,(H2,26,30)(H,28,32)(H,29,31). The van der Waals surface area contributed by atoms with Crippen LogP contribution in [-0.4, -0.2) is 28.7 Å². The second-order valence-corrected chi connectivity index (χ2v) is 7.39. The van der Waals surface area contributed by atoms with E-state index in [9.17, 15) is 14.4 Å². The molecule has 0 radical (unpaired) electrons. The van der Waals surface area contributed by atoms with Crippen LogP contribution in [0.4, 0.5) is 5.69 Å². The summed E-state index contributed by atoms with van der Waals surface area (Å²) in [4.78, 5) is 40.7. The Morgan fingerprint density at radius 3 is 2.28 bits per heavy atom. The van der Waals surface area contributed by atoms with Crippen LogP contribution in [0.5, 0.6) is 0 Å². The van der Waals surface area contributed by atoms with Crippen LogP contribution in [0.1, 0.15) is 26.4 Å². The van der Waals surface area contributed by atoms with Gasteiger partial charge in [0, 0.05) is 17.3 Å². The molecule has 0 aliphatic rings. The average molecular weight is 426 g/mol. The third kappa shape index (κ3) is 4.67. The first-order chi connectivity index (χ1) is 15.5. The van der Waals surface area contributed by atoms with Crippen LogP contribution in [-0.2, 0) is 11.2 Å². The Balaban J connectivity index is 1.52. The van der Waals surface area contributed by atoms with Gasteiger partial charge in [-0.15, -0.1) is 0 Å². The molecule has 3 aromatic carbocycles. The molecule has 1 unspecified atom stereocenters. The SMILES string of the molecule is NC(=O)C(Cc1ccccc1)NC(=O)c1ccccc1NC(=O)c1cc2ccccc2[nH]1. The number of rotatable bonds is 7. The number of amides is 3. The van der Waals surface area contributed by atoms with Crippen molar-refractivity contribution in [1.82, 2.24) is 10.3 Å². The molecule has 160 valence electrons. The number of hydrogen-bond donors (Lipinski definition) is 4. The Morgan fingerprint density at radius 1 is 0.844 bits per heavy atom. The maximum absolute atomic E-state index is 13.0. The number of aromatic nitrogens is 1. The molecule has 0 aliphatic heterocycles. The number of primary amides is 1. The summed E-state index contributed by atoms with van der Waals surface area (Å²) < 4.78 is 0. The topological polar surface area (TPSA) is 117 Å². The molecule has 4 rings (SSSR count). The van der Waals surface area contributed by atoms with Crippen molar-refractivity contribution in [2.24, 2.45) is 5.73 Å². The molecule has 7 nitrogen and oxygen atoms in total. The maximum Gasteiger partial charge on any atom is 0.272 e. The number of nitrogens with two attached hydrogens (primary N) is 1. The molecule has 1 heterocycles. The molecule has 0 saturated carbocycles. The minimum atomic E-state index is -0.887. The quantitative estimate of drug-likeness (QED) is 0.363. The molecular weight excluding hydrogens is 404 g/mol. The number of anilines is 1. The van der Waals surface area contributed by atoms with Crippen LogP contribution in [0.15, 0.2) is 84.9 Å². The third-order valence-electron chi connectivity index (χ3n) is 5.13. The molecule has 0 aliphatic carbocycles. The van der Waals surface area contributed by atoms with E-state index in [0.717, 1.165) is 16.5 Å². The monoisotopic (exact) mass is 426 g/mol. The predicted molar refractivity (Wildman–Crippen MR) is 123 cm³/mol. The van der Waals surface area contributed by atoms with Gasteiger partial charge in [-0.2, -0.15) is 0 Å². The molecule has 5 N–H and O–H groups in total. The molecule has 4 aromatic rings. The van der Waals surface area contributed by atoms with Gasteiger partial charge in [0.05, 0.1) is 11.3 Å². The lowest BCUT2D eigenvalue weighted by atomic mass is 10.0. The Hall–Kier alpha value is -4.39. The highest BCUT2D eigenvalue weighted by molar-refractivity contribution is 6.10. The summed E-state index contributed by atoms with van der Waals surface area (Å²) in [5, 5.41) is 6.37. The van der Waals surface area contributed by atoms with Gasteiger partial charge >= 0.3 is 0 Å². The molecule has 3 amide bonds. The molecule has 7 heteroatoms. The van der Waals surface area contributed by atoms with Crippen molar-refractivity contribution < 1.29 is 14.4 Å². The highest BCUT2D eigenvalue weighted by Gasteiger charge is 2.22. The van der Waals surface area contributed by atoms with Crippen molar-refractivity contribution >= 4 is 34.3 Å². The van der Waals surface area contributed by atoms with E-state index in [1.165, 1.54) is 0 Å². The van der Waals surface area contributed by atoms with Crippen LogP contribution in [0.25, 0.3) is 10.9 Å². The van der Waals surface area contributed by atoms with Crippen LogP contribution in [0, 0.1) is 0 Å². The fourth-order valence-electron chi connectivity index (χ4n) is 3.48. The van der Waals surface area contributed by atoms with Crippen LogP contribution < -0.4 is 16.4 Å². The normalized spacial score (nSPS) is 11.6. The molecular formula is C25H22N4O3. The smallest absolute Gasteiger partial charge is 0.272 e. The summed E-state index contributed by atoms with van der Waals surface area (Å²) in [7, 11) is 0. The van der Waals surface area contributed by atoms with Crippen molar-refractivity contribution in [2.45, 2.75) is 12.5 Å². The Morgan fingerprint density at radius 2 is 1.53 bits per heavy atom. The van der Waals surface area contributed by atoms with Crippen molar-refractivity contribution in [1.29, 1.82) is 0 Å². The first-order valence-corrected chi connectivity index (χ1v) is 10.1. The van der Waals surface area contributed by atoms with Crippen LogP contribution >= 0.6 is 0 Å². The number of fused-ring (bicyclic) bond motifs is 1. The number of hydrogen-bond acceptors (Lipinski definition) is 3. The Kier molecular flexibility index (Phi) is 5.98. The van der Waals surface area contributed by atoms with Gasteiger partial charge < -0.3 is 21.4 Å². The zero-order chi connectivity index (χ0) is 22.5. The van der Waals surface area contributed by atoms with E-state index in [1.54, 1.807) is 30.3 Å². The summed E-state index contributed by atoms with van der Waals surface area (Å²) in [6, 6.07) is 24.3. The predicted octanol–water partition coefficient (Wildman–Crippen LogP) is 3.25. The molecule has 0 bridgehead atoms. The van der Waals surface area contributed by atoms with E-state index in [0.29, 0.717) is 11.4 Å². The number of benzene rings is 3. The van der Waals surface area contributed by atoms with Gasteiger partial charge in [-0.1, -0.05) is 60.7 Å². The summed E-state index contributed by atoms with van der Waals surface area (Å²) in [6.07, 6.45) is 0.269. The van der Waals surface area contributed by atoms with E-state index in [-0.39, 0.29) is 17.9 Å². The highest BCUT2D eigenvalue weighted by atomic mass is 16.2. The highest BCUT2D eigenvalue weighted by Crippen LogP contribution is 2.19. The number of para-hydroxylation sites is 2. The van der Waals surface area contributed by atoms with Gasteiger partial charge in [-0.05, 0) is 29.8 Å². The number of carbonyl (C=O) groups excluding carboxylic acids is 3. The van der Waals surface area contributed by atoms with Crippen LogP contribution in [0.2, 0.25) is 0 Å². The number of H-pyrrole nitrogens is 1. The Bertz CT molecular complexity index is 1250. The average Bonchev–Trinajstić information content (AvgIpc) is 3.24. The summed E-state index contributed by atoms with van der Waals surface area (Å²) in [5.74, 6) is -1.52. The summed E-state index contributed by atoms with van der Waals surface area (Å²) in [5.41, 5.74) is 8.17. The minimum Gasteiger partial charge on any atom is -0.368 e. The molecule has 0 fully saturated rings. The minimum absolute atomic E-state index is 0.233. The van der Waals surface area contributed by atoms with E-state index >= 15 is 0 Å². The fraction of sp³-hybridized carbons (Fsp3) is 0.0800. The van der Waals surface area contributed by atoms with Crippen molar-refractivity contribution in [3.05, 3.63) is 102 Å². The molecule has 1 aromatic heterocycles. The van der Waals surface area contributed by atoms with E-state index in [2.05, 4.69) is 15.6 Å². The molecule has 1 atom stereocenters. The van der Waals surface area contributed by atoms with Crippen molar-refractivity contribution in [2.75, 3.05) is 5.32 Å². The molecule has 32 heavy (non-hydrogen) atoms. The maximum atomic E-state index is 13.0. The van der Waals surface area contributed by atoms with E-state index in [1.807, 2.05) is 54.6 Å². The first kappa shape index (κ1) is 20.9. The van der Waals surface area contributed by atoms with Gasteiger partial charge in [-0.25, -0.2) is 0 Å². The van der Waals surface area contributed by atoms with E-state index < -0.39 is 17.9 Å². The van der Waals surface area contributed by atoms with Gasteiger partial charge in [0.15, 0.2) is 0 Å². The lowest BCUT2D eigenvalue weighted by Crippen LogP contribution is -2.46. The van der Waals surface area contributed by atoms with Gasteiger partial charge in [-0.3, -0.25) is 14.4 Å². The number of nitrogens with one attached hydrogen (secondary N) is 3. The van der Waals surface area contributed by atoms with Gasteiger partial charge in [0.1, 0.15) is 11.7 Å². The van der Waals surface area contributed by atoms with Gasteiger partial charge in [0.2, 0.25) is 5.91 Å².